The SMILES string of the molecule is CN(CC(O)c1ccccc1)S(=O)(=O)c1c(Cl)sc(Cl)c1Br. The molecule has 0 saturated carbocycles. The number of likely N-dealkylation sites (N-methyl/N-ethyl adjacent to an activating group) is 1. The van der Waals surface area contributed by atoms with Crippen LogP contribution < -0.4 is 0 Å². The topological polar surface area (TPSA) is 57.6 Å². The second-order valence-electron chi connectivity index (χ2n) is 4.50. The third-order valence-electron chi connectivity index (χ3n) is 3.01. The van der Waals surface area contributed by atoms with Crippen molar-refractivity contribution < 1.29 is 13.5 Å². The first kappa shape index (κ1) is 18.2. The maximum Gasteiger partial charge on any atom is 0.246 e. The monoisotopic (exact) mass is 443 g/mol. The van der Waals surface area contributed by atoms with Gasteiger partial charge in [0.1, 0.15) is 13.6 Å². The van der Waals surface area contributed by atoms with Crippen LogP contribution in [0.15, 0.2) is 39.7 Å². The van der Waals surface area contributed by atoms with Gasteiger partial charge in [-0.05, 0) is 21.5 Å². The van der Waals surface area contributed by atoms with Crippen molar-refractivity contribution in [2.24, 2.45) is 0 Å². The minimum absolute atomic E-state index is 0.0769. The number of hydrogen-bond donors (Lipinski definition) is 1. The molecule has 4 nitrogen and oxygen atoms in total. The maximum absolute atomic E-state index is 12.6. The maximum atomic E-state index is 12.6. The van der Waals surface area contributed by atoms with Crippen LogP contribution >= 0.6 is 50.5 Å². The summed E-state index contributed by atoms with van der Waals surface area (Å²) in [6.07, 6.45) is -0.937. The Balaban J connectivity index is 2.26. The molecule has 0 aliphatic carbocycles. The lowest BCUT2D eigenvalue weighted by Crippen LogP contribution is -2.31. The predicted octanol–water partition coefficient (Wildman–Crippen LogP) is 4.17. The van der Waals surface area contributed by atoms with Crippen molar-refractivity contribution in [3.63, 3.8) is 0 Å². The highest BCUT2D eigenvalue weighted by Gasteiger charge is 2.31. The van der Waals surface area contributed by atoms with Crippen LogP contribution in [0.25, 0.3) is 0 Å². The fourth-order valence-corrected chi connectivity index (χ4v) is 6.49. The third-order valence-corrected chi connectivity index (χ3v) is 8.30. The van der Waals surface area contributed by atoms with E-state index < -0.39 is 16.1 Å². The molecule has 1 aromatic carbocycles. The number of aliphatic hydroxyl groups excluding tert-OH is 1. The van der Waals surface area contributed by atoms with Gasteiger partial charge in [-0.3, -0.25) is 0 Å². The lowest BCUT2D eigenvalue weighted by molar-refractivity contribution is 0.155. The van der Waals surface area contributed by atoms with E-state index in [1.807, 2.05) is 6.07 Å². The van der Waals surface area contributed by atoms with Crippen LogP contribution in [0.2, 0.25) is 8.67 Å². The summed E-state index contributed by atoms with van der Waals surface area (Å²) in [6.45, 7) is -0.0947. The molecule has 0 bridgehead atoms. The Bertz CT molecular complexity index is 765. The van der Waals surface area contributed by atoms with E-state index in [-0.39, 0.29) is 24.6 Å². The molecule has 2 rings (SSSR count). The Labute approximate surface area is 151 Å². The molecule has 0 radical (unpaired) electrons. The molecule has 2 aromatic rings. The second-order valence-corrected chi connectivity index (χ2v) is 9.50. The summed E-state index contributed by atoms with van der Waals surface area (Å²) < 4.78 is 26.8. The average Bonchev–Trinajstić information content (AvgIpc) is 2.73. The van der Waals surface area contributed by atoms with E-state index in [9.17, 15) is 13.5 Å². The Kier molecular flexibility index (Phi) is 5.93. The van der Waals surface area contributed by atoms with Gasteiger partial charge in [0.05, 0.1) is 10.6 Å². The molecular weight excluding hydrogens is 433 g/mol. The molecule has 1 unspecified atom stereocenters. The Hall–Kier alpha value is -0.150. The lowest BCUT2D eigenvalue weighted by Gasteiger charge is -2.20. The second kappa shape index (κ2) is 7.17. The third kappa shape index (κ3) is 3.67. The molecule has 0 aliphatic rings. The van der Waals surface area contributed by atoms with Gasteiger partial charge >= 0.3 is 0 Å². The first-order valence-corrected chi connectivity index (χ1v) is 9.88. The van der Waals surface area contributed by atoms with Crippen molar-refractivity contribution in [3.8, 4) is 0 Å². The summed E-state index contributed by atoms with van der Waals surface area (Å²) in [7, 11) is -2.48. The number of halogens is 3. The summed E-state index contributed by atoms with van der Waals surface area (Å²) in [5.74, 6) is 0. The van der Waals surface area contributed by atoms with Gasteiger partial charge in [0.2, 0.25) is 10.0 Å². The number of thiophene rings is 1. The van der Waals surface area contributed by atoms with Crippen LogP contribution in [0.3, 0.4) is 0 Å². The fraction of sp³-hybridized carbons (Fsp3) is 0.231. The highest BCUT2D eigenvalue weighted by molar-refractivity contribution is 9.10. The molecule has 0 saturated heterocycles. The van der Waals surface area contributed by atoms with Crippen molar-refractivity contribution in [2.45, 2.75) is 11.0 Å². The summed E-state index contributed by atoms with van der Waals surface area (Å²) in [6, 6.07) is 8.84. The number of rotatable bonds is 5. The zero-order chi connectivity index (χ0) is 16.5. The van der Waals surface area contributed by atoms with Crippen LogP contribution in [-0.4, -0.2) is 31.4 Å². The summed E-state index contributed by atoms with van der Waals surface area (Å²) in [4.78, 5) is -0.0769. The van der Waals surface area contributed by atoms with E-state index in [0.29, 0.717) is 5.56 Å². The lowest BCUT2D eigenvalue weighted by atomic mass is 10.1. The number of benzene rings is 1. The molecule has 120 valence electrons. The molecule has 22 heavy (non-hydrogen) atoms. The Morgan fingerprint density at radius 1 is 1.27 bits per heavy atom. The van der Waals surface area contributed by atoms with Gasteiger partial charge in [-0.1, -0.05) is 53.5 Å². The van der Waals surface area contributed by atoms with Gasteiger partial charge in [-0.25, -0.2) is 8.42 Å². The van der Waals surface area contributed by atoms with E-state index in [4.69, 9.17) is 23.2 Å². The van der Waals surface area contributed by atoms with Gasteiger partial charge in [0.15, 0.2) is 0 Å². The van der Waals surface area contributed by atoms with E-state index >= 15 is 0 Å². The van der Waals surface area contributed by atoms with Crippen LogP contribution in [-0.2, 0) is 10.0 Å². The molecule has 0 aliphatic heterocycles. The largest absolute Gasteiger partial charge is 0.387 e. The quantitative estimate of drug-likeness (QED) is 0.752. The van der Waals surface area contributed by atoms with Crippen molar-refractivity contribution in [2.75, 3.05) is 13.6 Å². The number of nitrogens with zero attached hydrogens (tertiary/aromatic N) is 1. The molecular formula is C13H12BrCl2NO3S2. The van der Waals surface area contributed by atoms with Crippen LogP contribution in [0.4, 0.5) is 0 Å². The van der Waals surface area contributed by atoms with Crippen LogP contribution in [0, 0.1) is 0 Å². The molecule has 1 atom stereocenters. The van der Waals surface area contributed by atoms with Crippen LogP contribution in [0.1, 0.15) is 11.7 Å². The normalized spacial score (nSPS) is 13.5. The molecule has 0 fully saturated rings. The molecule has 1 aromatic heterocycles. The number of sulfonamides is 1. The van der Waals surface area contributed by atoms with Gasteiger partial charge in [0, 0.05) is 13.6 Å². The molecule has 0 spiro atoms. The van der Waals surface area contributed by atoms with Gasteiger partial charge in [0.25, 0.3) is 0 Å². The van der Waals surface area contributed by atoms with Crippen molar-refractivity contribution in [1.82, 2.24) is 4.31 Å². The standard InChI is InChI=1S/C13H12BrCl2NO3S2/c1-17(7-9(18)8-5-3-2-4-6-8)22(19,20)11-10(14)12(15)21-13(11)16/h2-6,9,18H,7H2,1H3. The molecule has 1 heterocycles. The predicted molar refractivity (Wildman–Crippen MR) is 93.3 cm³/mol. The zero-order valence-corrected chi connectivity index (χ0v) is 16.1. The van der Waals surface area contributed by atoms with Gasteiger partial charge < -0.3 is 5.11 Å². The number of aliphatic hydroxyl groups is 1. The average molecular weight is 445 g/mol. The fourth-order valence-electron chi connectivity index (χ4n) is 1.84. The van der Waals surface area contributed by atoms with Crippen molar-refractivity contribution in [1.29, 1.82) is 0 Å². The molecule has 9 heteroatoms. The van der Waals surface area contributed by atoms with E-state index in [0.717, 1.165) is 15.6 Å². The van der Waals surface area contributed by atoms with Gasteiger partial charge in [-0.15, -0.1) is 11.3 Å². The first-order valence-electron chi connectivity index (χ1n) is 6.07. The zero-order valence-electron chi connectivity index (χ0n) is 11.3. The summed E-state index contributed by atoms with van der Waals surface area (Å²) in [5.41, 5.74) is 0.637. The highest BCUT2D eigenvalue weighted by atomic mass is 79.9. The van der Waals surface area contributed by atoms with Crippen molar-refractivity contribution >= 4 is 60.5 Å². The minimum Gasteiger partial charge on any atom is -0.387 e. The van der Waals surface area contributed by atoms with E-state index in [1.54, 1.807) is 24.3 Å². The smallest absolute Gasteiger partial charge is 0.246 e. The first-order chi connectivity index (χ1) is 10.2. The highest BCUT2D eigenvalue weighted by Crippen LogP contribution is 2.43. The Morgan fingerprint density at radius 3 is 2.36 bits per heavy atom. The number of hydrogen-bond acceptors (Lipinski definition) is 4. The van der Waals surface area contributed by atoms with Gasteiger partial charge in [-0.2, -0.15) is 4.31 Å². The van der Waals surface area contributed by atoms with E-state index in [1.165, 1.54) is 7.05 Å². The minimum atomic E-state index is -3.86. The Morgan fingerprint density at radius 2 is 1.86 bits per heavy atom. The summed E-state index contributed by atoms with van der Waals surface area (Å²) in [5, 5.41) is 10.2. The van der Waals surface area contributed by atoms with E-state index in [2.05, 4.69) is 15.9 Å². The molecule has 0 amide bonds. The van der Waals surface area contributed by atoms with Crippen LogP contribution in [0.5, 0.6) is 0 Å². The summed E-state index contributed by atoms with van der Waals surface area (Å²) >= 11 is 16.0. The molecule has 1 N–H and O–H groups in total. The van der Waals surface area contributed by atoms with Crippen molar-refractivity contribution in [3.05, 3.63) is 49.0 Å².